The van der Waals surface area contributed by atoms with Crippen LogP contribution < -0.4 is 5.32 Å². The molecule has 11 heteroatoms. The van der Waals surface area contributed by atoms with Crippen molar-refractivity contribution in [1.82, 2.24) is 5.32 Å². The van der Waals surface area contributed by atoms with Gasteiger partial charge in [0.25, 0.3) is 0 Å². The summed E-state index contributed by atoms with van der Waals surface area (Å²) in [6.07, 6.45) is -5.85. The topological polar surface area (TPSA) is 170 Å². The van der Waals surface area contributed by atoms with Crippen LogP contribution in [-0.2, 0) is 24.2 Å². The van der Waals surface area contributed by atoms with Gasteiger partial charge in [-0.3, -0.25) is 9.35 Å². The van der Waals surface area contributed by atoms with Gasteiger partial charge in [0.15, 0.2) is 0 Å². The van der Waals surface area contributed by atoms with Gasteiger partial charge in [0, 0.05) is 6.92 Å². The van der Waals surface area contributed by atoms with Gasteiger partial charge < -0.3 is 25.4 Å². The molecule has 19 heavy (non-hydrogen) atoms. The normalized spacial score (nSPS) is 18.2. The molecule has 0 aliphatic carbocycles. The van der Waals surface area contributed by atoms with Crippen LogP contribution in [-0.4, -0.2) is 71.4 Å². The third-order valence-corrected chi connectivity index (χ3v) is 2.49. The van der Waals surface area contributed by atoms with Crippen molar-refractivity contribution in [2.75, 3.05) is 6.61 Å². The van der Waals surface area contributed by atoms with E-state index in [4.69, 9.17) is 9.66 Å². The fourth-order valence-corrected chi connectivity index (χ4v) is 1.74. The van der Waals surface area contributed by atoms with Crippen LogP contribution in [0.1, 0.15) is 6.92 Å². The van der Waals surface area contributed by atoms with E-state index >= 15 is 0 Å². The van der Waals surface area contributed by atoms with Crippen LogP contribution >= 0.6 is 0 Å². The Kier molecular flexibility index (Phi) is 7.04. The lowest BCUT2D eigenvalue weighted by Crippen LogP contribution is -2.54. The summed E-state index contributed by atoms with van der Waals surface area (Å²) in [5, 5.41) is 29.3. The Morgan fingerprint density at radius 2 is 1.95 bits per heavy atom. The summed E-state index contributed by atoms with van der Waals surface area (Å²) in [6.45, 7) is 0.0496. The lowest BCUT2D eigenvalue weighted by atomic mass is 10.0. The Bertz CT molecular complexity index is 408. The maximum Gasteiger partial charge on any atom is 0.397 e. The quantitative estimate of drug-likeness (QED) is 0.226. The first-order valence-electron chi connectivity index (χ1n) is 4.97. The molecule has 0 aromatic carbocycles. The second-order valence-corrected chi connectivity index (χ2v) is 4.64. The lowest BCUT2D eigenvalue weighted by Gasteiger charge is -2.28. The van der Waals surface area contributed by atoms with E-state index in [0.29, 0.717) is 0 Å². The van der Waals surface area contributed by atoms with Crippen LogP contribution in [0.15, 0.2) is 0 Å². The van der Waals surface area contributed by atoms with Crippen LogP contribution in [0.25, 0.3) is 0 Å². The van der Waals surface area contributed by atoms with Gasteiger partial charge in [0.05, 0.1) is 6.61 Å². The molecule has 0 saturated heterocycles. The Hall–Kier alpha value is -1.11. The van der Waals surface area contributed by atoms with Crippen molar-refractivity contribution in [3.05, 3.63) is 0 Å². The number of nitrogens with one attached hydrogen (secondary N) is 1. The van der Waals surface area contributed by atoms with E-state index in [9.17, 15) is 28.2 Å². The Balaban J connectivity index is 5.23. The second kappa shape index (κ2) is 7.47. The SMILES string of the molecule is CC(=O)N[C@@H](C=O)[C@@H](OS(=O)(=O)O)[C@H](O)[C@H](O)CO. The van der Waals surface area contributed by atoms with Crippen LogP contribution in [0, 0.1) is 0 Å². The van der Waals surface area contributed by atoms with E-state index in [2.05, 4.69) is 4.18 Å². The molecule has 0 aromatic rings. The number of aliphatic hydroxyl groups excluding tert-OH is 3. The van der Waals surface area contributed by atoms with Crippen molar-refractivity contribution in [3.8, 4) is 0 Å². The standard InChI is InChI=1S/C8H15NO9S/c1-4(12)9-5(2-10)8(18-19(15,16)17)7(14)6(13)3-11/h2,5-8,11,13-14H,3H2,1H3,(H,9,12)(H,15,16,17)/t5-,6+,7+,8+/m0/s1. The van der Waals surface area contributed by atoms with E-state index in [1.54, 1.807) is 0 Å². The maximum atomic E-state index is 10.8. The predicted octanol–water partition coefficient (Wildman–Crippen LogP) is -3.41. The summed E-state index contributed by atoms with van der Waals surface area (Å²) in [4.78, 5) is 21.6. The average Bonchev–Trinajstić information content (AvgIpc) is 2.29. The van der Waals surface area contributed by atoms with Gasteiger partial charge in [-0.1, -0.05) is 0 Å². The first-order valence-corrected chi connectivity index (χ1v) is 6.34. The van der Waals surface area contributed by atoms with Gasteiger partial charge in [0.2, 0.25) is 5.91 Å². The summed E-state index contributed by atoms with van der Waals surface area (Å²) in [5.74, 6) is -0.744. The minimum atomic E-state index is -5.06. The fraction of sp³-hybridized carbons (Fsp3) is 0.750. The van der Waals surface area contributed by atoms with Gasteiger partial charge in [-0.05, 0) is 0 Å². The number of amides is 1. The van der Waals surface area contributed by atoms with Gasteiger partial charge in [-0.15, -0.1) is 0 Å². The summed E-state index contributed by atoms with van der Waals surface area (Å²) < 4.78 is 33.8. The molecule has 0 fully saturated rings. The number of aliphatic hydroxyl groups is 3. The van der Waals surface area contributed by atoms with Gasteiger partial charge >= 0.3 is 10.4 Å². The third kappa shape index (κ3) is 6.56. The van der Waals surface area contributed by atoms with Gasteiger partial charge in [-0.2, -0.15) is 8.42 Å². The Morgan fingerprint density at radius 3 is 2.26 bits per heavy atom. The molecular formula is C8H15NO9S. The maximum absolute atomic E-state index is 10.8. The number of carbonyl (C=O) groups is 2. The first kappa shape index (κ1) is 17.9. The number of carbonyl (C=O) groups excluding carboxylic acids is 2. The second-order valence-electron chi connectivity index (χ2n) is 3.59. The molecule has 0 bridgehead atoms. The molecule has 1 amide bonds. The van der Waals surface area contributed by atoms with Crippen LogP contribution in [0.3, 0.4) is 0 Å². The third-order valence-electron chi connectivity index (χ3n) is 2.02. The summed E-state index contributed by atoms with van der Waals surface area (Å²) >= 11 is 0. The minimum absolute atomic E-state index is 0.0462. The van der Waals surface area contributed by atoms with E-state index in [1.807, 2.05) is 5.32 Å². The molecule has 5 N–H and O–H groups in total. The van der Waals surface area contributed by atoms with Crippen molar-refractivity contribution < 1.29 is 42.1 Å². The van der Waals surface area contributed by atoms with Crippen LogP contribution in [0.5, 0.6) is 0 Å². The number of rotatable bonds is 8. The number of aldehydes is 1. The molecule has 0 saturated carbocycles. The number of hydrogen-bond donors (Lipinski definition) is 5. The van der Waals surface area contributed by atoms with Crippen molar-refractivity contribution in [1.29, 1.82) is 0 Å². The van der Waals surface area contributed by atoms with Gasteiger partial charge in [-0.25, -0.2) is 4.18 Å². The van der Waals surface area contributed by atoms with Crippen molar-refractivity contribution in [2.24, 2.45) is 0 Å². The zero-order valence-corrected chi connectivity index (χ0v) is 10.6. The van der Waals surface area contributed by atoms with Crippen molar-refractivity contribution in [3.63, 3.8) is 0 Å². The highest BCUT2D eigenvalue weighted by atomic mass is 32.3. The molecule has 112 valence electrons. The molecule has 4 atom stereocenters. The lowest BCUT2D eigenvalue weighted by molar-refractivity contribution is -0.128. The van der Waals surface area contributed by atoms with Gasteiger partial charge in [0.1, 0.15) is 30.6 Å². The van der Waals surface area contributed by atoms with Crippen LogP contribution in [0.4, 0.5) is 0 Å². The van der Waals surface area contributed by atoms with E-state index < -0.39 is 47.3 Å². The van der Waals surface area contributed by atoms with Crippen molar-refractivity contribution in [2.45, 2.75) is 31.3 Å². The highest BCUT2D eigenvalue weighted by Gasteiger charge is 2.37. The highest BCUT2D eigenvalue weighted by molar-refractivity contribution is 7.80. The highest BCUT2D eigenvalue weighted by Crippen LogP contribution is 2.11. The van der Waals surface area contributed by atoms with E-state index in [1.165, 1.54) is 0 Å². The molecule has 0 spiro atoms. The molecule has 0 heterocycles. The van der Waals surface area contributed by atoms with Crippen LogP contribution in [0.2, 0.25) is 0 Å². The molecule has 10 nitrogen and oxygen atoms in total. The number of hydrogen-bond acceptors (Lipinski definition) is 8. The van der Waals surface area contributed by atoms with E-state index in [-0.39, 0.29) is 6.29 Å². The summed E-state index contributed by atoms with van der Waals surface area (Å²) in [7, 11) is -5.06. The zero-order chi connectivity index (χ0) is 15.2. The van der Waals surface area contributed by atoms with Crippen molar-refractivity contribution >= 4 is 22.6 Å². The molecule has 0 radical (unpaired) electrons. The smallest absolute Gasteiger partial charge is 0.394 e. The largest absolute Gasteiger partial charge is 0.397 e. The first-order chi connectivity index (χ1) is 8.62. The molecule has 0 aliphatic rings. The van der Waals surface area contributed by atoms with E-state index in [0.717, 1.165) is 6.92 Å². The summed E-state index contributed by atoms with van der Waals surface area (Å²) in [5.41, 5.74) is 0. The molecule has 0 aromatic heterocycles. The molecule has 0 rings (SSSR count). The Morgan fingerprint density at radius 1 is 1.42 bits per heavy atom. The molecule has 0 unspecified atom stereocenters. The average molecular weight is 301 g/mol. The fourth-order valence-electron chi connectivity index (χ4n) is 1.22. The minimum Gasteiger partial charge on any atom is -0.394 e. The molecule has 0 aliphatic heterocycles. The zero-order valence-electron chi connectivity index (χ0n) is 9.83. The Labute approximate surface area is 109 Å². The molecular weight excluding hydrogens is 286 g/mol. The summed E-state index contributed by atoms with van der Waals surface area (Å²) in [6, 6.07) is -1.66. The predicted molar refractivity (Wildman–Crippen MR) is 59.2 cm³/mol. The monoisotopic (exact) mass is 301 g/mol.